The summed E-state index contributed by atoms with van der Waals surface area (Å²) in [5.41, 5.74) is 2.59. The van der Waals surface area contributed by atoms with Crippen LogP contribution < -0.4 is 0 Å². The molecule has 1 aliphatic rings. The summed E-state index contributed by atoms with van der Waals surface area (Å²) in [7, 11) is 1.65. The van der Waals surface area contributed by atoms with Crippen LogP contribution in [0, 0.1) is 0 Å². The Balaban J connectivity index is 2.12. The van der Waals surface area contributed by atoms with Crippen molar-refractivity contribution in [1.82, 2.24) is 9.78 Å². The number of carboxylic acids is 1. The first-order valence-corrected chi connectivity index (χ1v) is 7.01. The number of rotatable bonds is 4. The summed E-state index contributed by atoms with van der Waals surface area (Å²) in [4.78, 5) is 11.5. The number of hydrogen-bond acceptors (Lipinski definition) is 3. The molecule has 1 N–H and O–H groups in total. The molecular weight excluding hydrogens is 280 g/mol. The van der Waals surface area contributed by atoms with Crippen LogP contribution in [0.2, 0.25) is 0 Å². The molecule has 1 heterocycles. The van der Waals surface area contributed by atoms with Crippen molar-refractivity contribution in [3.63, 3.8) is 0 Å². The minimum atomic E-state index is -0.977. The maximum atomic E-state index is 11.5. The smallest absolute Gasteiger partial charge is 0.339 e. The molecule has 0 radical (unpaired) electrons. The molecule has 0 amide bonds. The summed E-state index contributed by atoms with van der Waals surface area (Å²) < 4.78 is 6.94. The van der Waals surface area contributed by atoms with Gasteiger partial charge < -0.3 is 9.84 Å². The SMILES string of the molecule is COC1=CC=C(n2ncc(C(=O)O)c2-c2ccccc2)CC1. The zero-order chi connectivity index (χ0) is 15.5. The van der Waals surface area contributed by atoms with Crippen molar-refractivity contribution in [2.75, 3.05) is 7.11 Å². The third-order valence-corrected chi connectivity index (χ3v) is 3.67. The molecule has 22 heavy (non-hydrogen) atoms. The number of aromatic carboxylic acids is 1. The summed E-state index contributed by atoms with van der Waals surface area (Å²) in [6, 6.07) is 9.45. The van der Waals surface area contributed by atoms with Crippen molar-refractivity contribution in [2.45, 2.75) is 12.8 Å². The number of aromatic nitrogens is 2. The van der Waals surface area contributed by atoms with Crippen LogP contribution in [0.1, 0.15) is 23.2 Å². The molecule has 0 saturated heterocycles. The Morgan fingerprint density at radius 2 is 2.00 bits per heavy atom. The van der Waals surface area contributed by atoms with Gasteiger partial charge in [-0.25, -0.2) is 9.48 Å². The fraction of sp³-hybridized carbons (Fsp3) is 0.176. The van der Waals surface area contributed by atoms with Crippen LogP contribution in [0.4, 0.5) is 0 Å². The first kappa shape index (κ1) is 14.1. The fourth-order valence-corrected chi connectivity index (χ4v) is 2.55. The maximum Gasteiger partial charge on any atom is 0.339 e. The van der Waals surface area contributed by atoms with Crippen LogP contribution in [-0.2, 0) is 4.74 Å². The first-order valence-electron chi connectivity index (χ1n) is 7.01. The van der Waals surface area contributed by atoms with Crippen LogP contribution in [0.5, 0.6) is 0 Å². The van der Waals surface area contributed by atoms with Gasteiger partial charge in [-0.2, -0.15) is 5.10 Å². The monoisotopic (exact) mass is 296 g/mol. The van der Waals surface area contributed by atoms with Crippen LogP contribution in [0.15, 0.2) is 54.4 Å². The van der Waals surface area contributed by atoms with Crippen molar-refractivity contribution in [2.24, 2.45) is 0 Å². The Kier molecular flexibility index (Phi) is 3.78. The second-order valence-electron chi connectivity index (χ2n) is 4.98. The van der Waals surface area contributed by atoms with Gasteiger partial charge in [-0.05, 0) is 18.6 Å². The van der Waals surface area contributed by atoms with E-state index in [2.05, 4.69) is 5.10 Å². The average Bonchev–Trinajstić information content (AvgIpc) is 3.01. The second kappa shape index (κ2) is 5.89. The fourth-order valence-electron chi connectivity index (χ4n) is 2.55. The van der Waals surface area contributed by atoms with Crippen molar-refractivity contribution in [3.8, 4) is 11.3 Å². The molecule has 5 nitrogen and oxygen atoms in total. The van der Waals surface area contributed by atoms with Gasteiger partial charge in [0.15, 0.2) is 0 Å². The normalized spacial score (nSPS) is 14.2. The largest absolute Gasteiger partial charge is 0.501 e. The molecule has 3 rings (SSSR count). The van der Waals surface area contributed by atoms with E-state index < -0.39 is 5.97 Å². The van der Waals surface area contributed by atoms with E-state index in [1.54, 1.807) is 11.8 Å². The third-order valence-electron chi connectivity index (χ3n) is 3.67. The number of nitrogens with zero attached hydrogens (tertiary/aromatic N) is 2. The molecule has 0 saturated carbocycles. The van der Waals surface area contributed by atoms with E-state index in [9.17, 15) is 9.90 Å². The second-order valence-corrected chi connectivity index (χ2v) is 4.98. The molecule has 1 aliphatic carbocycles. The number of benzene rings is 1. The van der Waals surface area contributed by atoms with Crippen LogP contribution in [0.25, 0.3) is 17.0 Å². The lowest BCUT2D eigenvalue weighted by Gasteiger charge is -2.16. The summed E-state index contributed by atoms with van der Waals surface area (Å²) >= 11 is 0. The van der Waals surface area contributed by atoms with Gasteiger partial charge in [-0.1, -0.05) is 30.3 Å². The van der Waals surface area contributed by atoms with E-state index in [1.807, 2.05) is 42.5 Å². The molecule has 112 valence electrons. The van der Waals surface area contributed by atoms with Gasteiger partial charge in [0.25, 0.3) is 0 Å². The van der Waals surface area contributed by atoms with Crippen LogP contribution >= 0.6 is 0 Å². The molecule has 1 aromatic heterocycles. The van der Waals surface area contributed by atoms with Crippen molar-refractivity contribution >= 4 is 11.7 Å². The van der Waals surface area contributed by atoms with Crippen LogP contribution in [0.3, 0.4) is 0 Å². The quantitative estimate of drug-likeness (QED) is 0.939. The summed E-state index contributed by atoms with van der Waals surface area (Å²) in [6.45, 7) is 0. The topological polar surface area (TPSA) is 64.4 Å². The highest BCUT2D eigenvalue weighted by molar-refractivity contribution is 5.95. The average molecular weight is 296 g/mol. The van der Waals surface area contributed by atoms with E-state index in [0.717, 1.165) is 29.9 Å². The van der Waals surface area contributed by atoms with E-state index in [1.165, 1.54) is 6.20 Å². The zero-order valence-electron chi connectivity index (χ0n) is 12.2. The number of allylic oxidation sites excluding steroid dienone is 4. The molecule has 0 atom stereocenters. The third kappa shape index (κ3) is 2.53. The molecule has 0 aliphatic heterocycles. The Bertz CT molecular complexity index is 757. The van der Waals surface area contributed by atoms with Gasteiger partial charge in [-0.15, -0.1) is 0 Å². The predicted molar refractivity (Wildman–Crippen MR) is 83.2 cm³/mol. The number of carbonyl (C=O) groups is 1. The molecule has 0 fully saturated rings. The van der Waals surface area contributed by atoms with Gasteiger partial charge in [0.1, 0.15) is 5.56 Å². The van der Waals surface area contributed by atoms with E-state index in [0.29, 0.717) is 5.69 Å². The van der Waals surface area contributed by atoms with Gasteiger partial charge >= 0.3 is 5.97 Å². The Hall–Kier alpha value is -2.82. The van der Waals surface area contributed by atoms with Gasteiger partial charge in [-0.3, -0.25) is 0 Å². The van der Waals surface area contributed by atoms with Crippen LogP contribution in [-0.4, -0.2) is 28.0 Å². The molecule has 0 bridgehead atoms. The van der Waals surface area contributed by atoms with E-state index >= 15 is 0 Å². The molecule has 5 heteroatoms. The summed E-state index contributed by atoms with van der Waals surface area (Å²) in [5.74, 6) is -0.0646. The summed E-state index contributed by atoms with van der Waals surface area (Å²) in [5, 5.41) is 13.7. The highest BCUT2D eigenvalue weighted by Crippen LogP contribution is 2.30. The Morgan fingerprint density at radius 3 is 2.59 bits per heavy atom. The van der Waals surface area contributed by atoms with E-state index in [-0.39, 0.29) is 5.56 Å². The van der Waals surface area contributed by atoms with Crippen molar-refractivity contribution in [3.05, 3.63) is 60.0 Å². The standard InChI is InChI=1S/C17H16N2O3/c1-22-14-9-7-13(8-10-14)19-16(12-5-3-2-4-6-12)15(11-18-19)17(20)21/h2-7,9,11H,8,10H2,1H3,(H,20,21). The molecule has 0 unspecified atom stereocenters. The van der Waals surface area contributed by atoms with Crippen molar-refractivity contribution in [1.29, 1.82) is 0 Å². The zero-order valence-corrected chi connectivity index (χ0v) is 12.2. The van der Waals surface area contributed by atoms with Gasteiger partial charge in [0.05, 0.1) is 24.8 Å². The maximum absolute atomic E-state index is 11.5. The van der Waals surface area contributed by atoms with Gasteiger partial charge in [0, 0.05) is 17.7 Å². The predicted octanol–water partition coefficient (Wildman–Crippen LogP) is 3.41. The van der Waals surface area contributed by atoms with Gasteiger partial charge in [0.2, 0.25) is 0 Å². The first-order chi connectivity index (χ1) is 10.7. The van der Waals surface area contributed by atoms with Crippen molar-refractivity contribution < 1.29 is 14.6 Å². The minimum Gasteiger partial charge on any atom is -0.501 e. The lowest BCUT2D eigenvalue weighted by molar-refractivity contribution is 0.0697. The number of carboxylic acid groups (broad SMARTS) is 1. The Morgan fingerprint density at radius 1 is 1.23 bits per heavy atom. The molecule has 1 aromatic carbocycles. The van der Waals surface area contributed by atoms with E-state index in [4.69, 9.17) is 4.74 Å². The minimum absolute atomic E-state index is 0.202. The molecule has 0 spiro atoms. The number of hydrogen-bond donors (Lipinski definition) is 1. The molecule has 2 aromatic rings. The lowest BCUT2D eigenvalue weighted by atomic mass is 10.1. The molecular formula is C17H16N2O3. The number of methoxy groups -OCH3 is 1. The summed E-state index contributed by atoms with van der Waals surface area (Å²) in [6.07, 6.45) is 6.75. The Labute approximate surface area is 128 Å². The number of ether oxygens (including phenoxy) is 1. The highest BCUT2D eigenvalue weighted by Gasteiger charge is 2.21. The lowest BCUT2D eigenvalue weighted by Crippen LogP contribution is -2.07. The highest BCUT2D eigenvalue weighted by atomic mass is 16.5.